The maximum atomic E-state index is 11.8. The first-order chi connectivity index (χ1) is 8.70. The molecule has 0 saturated heterocycles. The smallest absolute Gasteiger partial charge is 0.412 e. The molecule has 104 valence electrons. The summed E-state index contributed by atoms with van der Waals surface area (Å²) in [6.45, 7) is 5.45. The Hall–Kier alpha value is -1.26. The number of amides is 1. The molecule has 0 bridgehead atoms. The zero-order valence-corrected chi connectivity index (χ0v) is 12.2. The Bertz CT molecular complexity index is 505. The van der Waals surface area contributed by atoms with Crippen LogP contribution in [0.25, 0.3) is 0 Å². The molecule has 1 aliphatic carbocycles. The van der Waals surface area contributed by atoms with E-state index in [-0.39, 0.29) is 5.54 Å². The second-order valence-electron chi connectivity index (χ2n) is 5.97. The van der Waals surface area contributed by atoms with Crippen LogP contribution in [0.2, 0.25) is 5.02 Å². The van der Waals surface area contributed by atoms with Crippen LogP contribution in [0.5, 0.6) is 0 Å². The monoisotopic (exact) mass is 282 g/mol. The van der Waals surface area contributed by atoms with Crippen molar-refractivity contribution >= 4 is 23.4 Å². The molecule has 0 heterocycles. The SMILES string of the molecule is CC(C)(C)OC(=O)Nc1cc(Cl)ccc1C1(N)CC1. The quantitative estimate of drug-likeness (QED) is 0.870. The van der Waals surface area contributed by atoms with Crippen molar-refractivity contribution in [1.29, 1.82) is 0 Å². The van der Waals surface area contributed by atoms with Crippen molar-refractivity contribution < 1.29 is 9.53 Å². The van der Waals surface area contributed by atoms with Gasteiger partial charge in [-0.1, -0.05) is 17.7 Å². The molecule has 1 aromatic rings. The van der Waals surface area contributed by atoms with E-state index in [4.69, 9.17) is 22.1 Å². The molecule has 0 atom stereocenters. The summed E-state index contributed by atoms with van der Waals surface area (Å²) in [6.07, 6.45) is 1.33. The molecule has 2 rings (SSSR count). The Morgan fingerprint density at radius 1 is 1.42 bits per heavy atom. The van der Waals surface area contributed by atoms with Gasteiger partial charge in [0, 0.05) is 10.6 Å². The molecule has 4 nitrogen and oxygen atoms in total. The fraction of sp³-hybridized carbons (Fsp3) is 0.500. The maximum absolute atomic E-state index is 11.8. The van der Waals surface area contributed by atoms with Crippen molar-refractivity contribution in [3.8, 4) is 0 Å². The van der Waals surface area contributed by atoms with Crippen LogP contribution in [0.4, 0.5) is 10.5 Å². The molecule has 1 aromatic carbocycles. The van der Waals surface area contributed by atoms with Crippen molar-refractivity contribution in [3.63, 3.8) is 0 Å². The van der Waals surface area contributed by atoms with Gasteiger partial charge in [-0.05, 0) is 51.3 Å². The van der Waals surface area contributed by atoms with E-state index in [9.17, 15) is 4.79 Å². The third-order valence-corrected chi connectivity index (χ3v) is 3.18. The lowest BCUT2D eigenvalue weighted by Gasteiger charge is -2.21. The number of carbonyl (C=O) groups is 1. The highest BCUT2D eigenvalue weighted by Crippen LogP contribution is 2.46. The Kier molecular flexibility index (Phi) is 3.49. The van der Waals surface area contributed by atoms with Crippen LogP contribution in [0.1, 0.15) is 39.2 Å². The van der Waals surface area contributed by atoms with Gasteiger partial charge in [0.1, 0.15) is 5.60 Å². The molecule has 1 amide bonds. The minimum absolute atomic E-state index is 0.338. The van der Waals surface area contributed by atoms with Crippen molar-refractivity contribution in [2.45, 2.75) is 44.8 Å². The van der Waals surface area contributed by atoms with Crippen molar-refractivity contribution in [3.05, 3.63) is 28.8 Å². The lowest BCUT2D eigenvalue weighted by Crippen LogP contribution is -2.28. The van der Waals surface area contributed by atoms with Gasteiger partial charge in [0.2, 0.25) is 0 Å². The summed E-state index contributed by atoms with van der Waals surface area (Å²) < 4.78 is 5.24. The summed E-state index contributed by atoms with van der Waals surface area (Å²) in [6, 6.07) is 5.35. The van der Waals surface area contributed by atoms with Gasteiger partial charge in [0.25, 0.3) is 0 Å². The van der Waals surface area contributed by atoms with Crippen LogP contribution >= 0.6 is 11.6 Å². The predicted octanol–water partition coefficient (Wildman–Crippen LogP) is 3.63. The van der Waals surface area contributed by atoms with Crippen LogP contribution in [-0.2, 0) is 10.3 Å². The van der Waals surface area contributed by atoms with E-state index in [1.165, 1.54) is 0 Å². The van der Waals surface area contributed by atoms with E-state index in [2.05, 4.69) is 5.32 Å². The van der Waals surface area contributed by atoms with Gasteiger partial charge in [-0.15, -0.1) is 0 Å². The van der Waals surface area contributed by atoms with Gasteiger partial charge in [0.15, 0.2) is 0 Å². The van der Waals surface area contributed by atoms with Crippen LogP contribution in [0, 0.1) is 0 Å². The number of hydrogen-bond donors (Lipinski definition) is 2. The van der Waals surface area contributed by atoms with Crippen LogP contribution in [0.15, 0.2) is 18.2 Å². The highest BCUT2D eigenvalue weighted by Gasteiger charge is 2.42. The van der Waals surface area contributed by atoms with Gasteiger partial charge in [-0.3, -0.25) is 5.32 Å². The number of nitrogens with two attached hydrogens (primary N) is 1. The Morgan fingerprint density at radius 3 is 2.58 bits per heavy atom. The summed E-state index contributed by atoms with van der Waals surface area (Å²) in [5.41, 5.74) is 6.84. The standard InChI is InChI=1S/C14H19ClN2O2/c1-13(2,3)19-12(18)17-11-8-9(15)4-5-10(11)14(16)6-7-14/h4-5,8H,6-7,16H2,1-3H3,(H,17,18). The minimum atomic E-state index is -0.539. The fourth-order valence-electron chi connectivity index (χ4n) is 1.87. The number of nitrogens with one attached hydrogen (secondary N) is 1. The number of rotatable bonds is 2. The zero-order chi connectivity index (χ0) is 14.3. The first-order valence-corrected chi connectivity index (χ1v) is 6.66. The molecule has 1 aliphatic rings. The van der Waals surface area contributed by atoms with Crippen LogP contribution in [0.3, 0.4) is 0 Å². The van der Waals surface area contributed by atoms with E-state index >= 15 is 0 Å². The van der Waals surface area contributed by atoms with Gasteiger partial charge < -0.3 is 10.5 Å². The summed E-state index contributed by atoms with van der Waals surface area (Å²) in [5.74, 6) is 0. The maximum Gasteiger partial charge on any atom is 0.412 e. The van der Waals surface area contributed by atoms with Crippen LogP contribution < -0.4 is 11.1 Å². The third-order valence-electron chi connectivity index (χ3n) is 2.94. The fourth-order valence-corrected chi connectivity index (χ4v) is 2.04. The number of carbonyl (C=O) groups excluding carboxylic acids is 1. The molecular weight excluding hydrogens is 264 g/mol. The van der Waals surface area contributed by atoms with Crippen molar-refractivity contribution in [2.75, 3.05) is 5.32 Å². The summed E-state index contributed by atoms with van der Waals surface area (Å²) >= 11 is 5.97. The van der Waals surface area contributed by atoms with Crippen molar-refractivity contribution in [2.24, 2.45) is 5.73 Å². The molecule has 1 saturated carbocycles. The Labute approximate surface area is 118 Å². The number of hydrogen-bond acceptors (Lipinski definition) is 3. The largest absolute Gasteiger partial charge is 0.444 e. The predicted molar refractivity (Wildman–Crippen MR) is 76.4 cm³/mol. The zero-order valence-electron chi connectivity index (χ0n) is 11.4. The van der Waals surface area contributed by atoms with Crippen LogP contribution in [-0.4, -0.2) is 11.7 Å². The van der Waals surface area contributed by atoms with Crippen molar-refractivity contribution in [1.82, 2.24) is 0 Å². The molecule has 0 aromatic heterocycles. The highest BCUT2D eigenvalue weighted by molar-refractivity contribution is 6.31. The number of benzene rings is 1. The minimum Gasteiger partial charge on any atom is -0.444 e. The summed E-state index contributed by atoms with van der Waals surface area (Å²) in [5, 5.41) is 3.28. The van der Waals surface area contributed by atoms with E-state index in [1.807, 2.05) is 26.8 Å². The van der Waals surface area contributed by atoms with E-state index in [1.54, 1.807) is 12.1 Å². The average molecular weight is 283 g/mol. The topological polar surface area (TPSA) is 64.3 Å². The first kappa shape index (κ1) is 14.2. The Balaban J connectivity index is 2.20. The molecule has 1 fully saturated rings. The lowest BCUT2D eigenvalue weighted by atomic mass is 10.0. The van der Waals surface area contributed by atoms with Gasteiger partial charge in [-0.25, -0.2) is 4.79 Å². The lowest BCUT2D eigenvalue weighted by molar-refractivity contribution is 0.0636. The second-order valence-corrected chi connectivity index (χ2v) is 6.41. The van der Waals surface area contributed by atoms with E-state index < -0.39 is 11.7 Å². The molecule has 0 radical (unpaired) electrons. The normalized spacial score (nSPS) is 16.9. The second kappa shape index (κ2) is 4.69. The number of halogens is 1. The van der Waals surface area contributed by atoms with Gasteiger partial charge in [0.05, 0.1) is 5.69 Å². The van der Waals surface area contributed by atoms with E-state index in [0.29, 0.717) is 10.7 Å². The van der Waals surface area contributed by atoms with Gasteiger partial charge in [-0.2, -0.15) is 0 Å². The number of ether oxygens (including phenoxy) is 1. The molecule has 0 spiro atoms. The molecule has 5 heteroatoms. The molecule has 19 heavy (non-hydrogen) atoms. The summed E-state index contributed by atoms with van der Waals surface area (Å²) in [4.78, 5) is 11.8. The first-order valence-electron chi connectivity index (χ1n) is 6.29. The summed E-state index contributed by atoms with van der Waals surface area (Å²) in [7, 11) is 0. The molecular formula is C14H19ClN2O2. The average Bonchev–Trinajstić information content (AvgIpc) is 2.94. The number of anilines is 1. The van der Waals surface area contributed by atoms with Gasteiger partial charge >= 0.3 is 6.09 Å². The molecule has 0 unspecified atom stereocenters. The third kappa shape index (κ3) is 3.61. The van der Waals surface area contributed by atoms with E-state index in [0.717, 1.165) is 18.4 Å². The molecule has 0 aliphatic heterocycles. The molecule has 3 N–H and O–H groups in total. The highest BCUT2D eigenvalue weighted by atomic mass is 35.5. The Morgan fingerprint density at radius 2 is 2.05 bits per heavy atom.